The molecule has 5 nitrogen and oxygen atoms in total. The number of carbonyl (C=O) groups is 2. The minimum atomic E-state index is -0.867. The summed E-state index contributed by atoms with van der Waals surface area (Å²) >= 11 is 0. The van der Waals surface area contributed by atoms with Crippen LogP contribution in [0.15, 0.2) is 23.3 Å². The van der Waals surface area contributed by atoms with E-state index in [0.29, 0.717) is 12.8 Å². The second-order valence-electron chi connectivity index (χ2n) is 5.60. The van der Waals surface area contributed by atoms with E-state index in [-0.39, 0.29) is 5.56 Å². The van der Waals surface area contributed by atoms with E-state index in [4.69, 9.17) is 0 Å². The molecule has 1 aliphatic heterocycles. The lowest BCUT2D eigenvalue weighted by Crippen LogP contribution is -2.48. The predicted octanol–water partition coefficient (Wildman–Crippen LogP) is 2.55. The molecule has 2 aliphatic rings. The maximum atomic E-state index is 13.5. The van der Waals surface area contributed by atoms with Gasteiger partial charge < -0.3 is 5.32 Å². The van der Waals surface area contributed by atoms with E-state index in [1.807, 2.05) is 0 Å². The number of urea groups is 1. The van der Waals surface area contributed by atoms with E-state index in [9.17, 15) is 18.4 Å². The van der Waals surface area contributed by atoms with Crippen molar-refractivity contribution < 1.29 is 18.4 Å². The van der Waals surface area contributed by atoms with Crippen molar-refractivity contribution in [3.05, 3.63) is 35.4 Å². The smallest absolute Gasteiger partial charge is 0.321 e. The van der Waals surface area contributed by atoms with Crippen molar-refractivity contribution in [2.75, 3.05) is 0 Å². The van der Waals surface area contributed by atoms with Crippen LogP contribution >= 0.6 is 0 Å². The Balaban J connectivity index is 1.81. The summed E-state index contributed by atoms with van der Waals surface area (Å²) < 4.78 is 26.4. The third-order valence-electron chi connectivity index (χ3n) is 4.12. The molecule has 116 valence electrons. The average molecular weight is 307 g/mol. The van der Waals surface area contributed by atoms with Crippen molar-refractivity contribution in [1.29, 1.82) is 0 Å². The molecule has 1 saturated heterocycles. The van der Waals surface area contributed by atoms with Crippen molar-refractivity contribution >= 4 is 18.2 Å². The van der Waals surface area contributed by atoms with Gasteiger partial charge in [0.2, 0.25) is 0 Å². The molecule has 0 radical (unpaired) electrons. The highest BCUT2D eigenvalue weighted by atomic mass is 19.1. The Kier molecular flexibility index (Phi) is 3.64. The number of amides is 3. The van der Waals surface area contributed by atoms with Crippen LogP contribution in [0, 0.1) is 11.6 Å². The third kappa shape index (κ3) is 2.47. The van der Waals surface area contributed by atoms with Gasteiger partial charge in [0.25, 0.3) is 5.91 Å². The quantitative estimate of drug-likeness (QED) is 0.674. The lowest BCUT2D eigenvalue weighted by molar-refractivity contribution is -0.132. The first kappa shape index (κ1) is 14.6. The minimum absolute atomic E-state index is 0.00611. The van der Waals surface area contributed by atoms with Crippen LogP contribution in [0.2, 0.25) is 0 Å². The molecule has 0 bridgehead atoms. The van der Waals surface area contributed by atoms with Crippen LogP contribution < -0.4 is 5.32 Å². The number of hydrazone groups is 1. The minimum Gasteiger partial charge on any atom is -0.321 e. The molecule has 3 amide bonds. The molecule has 2 fully saturated rings. The van der Waals surface area contributed by atoms with E-state index >= 15 is 0 Å². The van der Waals surface area contributed by atoms with E-state index in [1.165, 1.54) is 6.07 Å². The summed E-state index contributed by atoms with van der Waals surface area (Å²) in [6.07, 6.45) is 5.01. The zero-order chi connectivity index (χ0) is 15.7. The number of nitrogens with zero attached hydrogens (tertiary/aromatic N) is 2. The molecule has 3 rings (SSSR count). The fraction of sp³-hybridized carbons (Fsp3) is 0.400. The van der Waals surface area contributed by atoms with Gasteiger partial charge in [0.15, 0.2) is 0 Å². The van der Waals surface area contributed by atoms with E-state index < -0.39 is 29.1 Å². The van der Waals surface area contributed by atoms with Crippen molar-refractivity contribution in [2.24, 2.45) is 5.10 Å². The monoisotopic (exact) mass is 307 g/mol. The number of hydrogen-bond donors (Lipinski definition) is 1. The fourth-order valence-electron chi connectivity index (χ4n) is 2.93. The average Bonchev–Trinajstić information content (AvgIpc) is 2.71. The lowest BCUT2D eigenvalue weighted by Gasteiger charge is -2.29. The highest BCUT2D eigenvalue weighted by Gasteiger charge is 2.51. The molecule has 1 aromatic rings. The topological polar surface area (TPSA) is 61.8 Å². The van der Waals surface area contributed by atoms with Crippen LogP contribution in [0.3, 0.4) is 0 Å². The molecular weight excluding hydrogens is 292 g/mol. The molecule has 22 heavy (non-hydrogen) atoms. The standard InChI is InChI=1S/C15H15F2N3O2/c16-11-5-4-10(12(17)8-11)9-18-20-13(21)15(19-14(20)22)6-2-1-3-7-15/h4-5,8-9H,1-3,6-7H2,(H,19,22). The molecule has 0 unspecified atom stereocenters. The Morgan fingerprint density at radius 1 is 1.18 bits per heavy atom. The van der Waals surface area contributed by atoms with Gasteiger partial charge in [-0.1, -0.05) is 19.3 Å². The number of imide groups is 1. The third-order valence-corrected chi connectivity index (χ3v) is 4.12. The Bertz CT molecular complexity index is 654. The number of rotatable bonds is 2. The van der Waals surface area contributed by atoms with Crippen LogP contribution in [0.1, 0.15) is 37.7 Å². The van der Waals surface area contributed by atoms with Gasteiger partial charge in [-0.05, 0) is 25.0 Å². The molecule has 1 aromatic carbocycles. The van der Waals surface area contributed by atoms with Gasteiger partial charge in [-0.3, -0.25) is 4.79 Å². The van der Waals surface area contributed by atoms with Gasteiger partial charge in [-0.25, -0.2) is 13.6 Å². The van der Waals surface area contributed by atoms with Crippen LogP contribution in [-0.2, 0) is 4.79 Å². The largest absolute Gasteiger partial charge is 0.346 e. The first-order valence-corrected chi connectivity index (χ1v) is 7.18. The van der Waals surface area contributed by atoms with Gasteiger partial charge in [0.05, 0.1) is 6.21 Å². The van der Waals surface area contributed by atoms with Crippen molar-refractivity contribution in [3.8, 4) is 0 Å². The van der Waals surface area contributed by atoms with E-state index in [2.05, 4.69) is 10.4 Å². The molecule has 1 heterocycles. The van der Waals surface area contributed by atoms with Gasteiger partial charge >= 0.3 is 6.03 Å². The predicted molar refractivity (Wildman–Crippen MR) is 75.1 cm³/mol. The second kappa shape index (κ2) is 5.47. The zero-order valence-corrected chi connectivity index (χ0v) is 11.8. The van der Waals surface area contributed by atoms with Gasteiger partial charge in [-0.2, -0.15) is 5.10 Å². The Morgan fingerprint density at radius 3 is 2.59 bits per heavy atom. The zero-order valence-electron chi connectivity index (χ0n) is 11.8. The molecule has 1 saturated carbocycles. The van der Waals surface area contributed by atoms with Gasteiger partial charge in [-0.15, -0.1) is 5.01 Å². The Morgan fingerprint density at radius 2 is 1.91 bits per heavy atom. The number of benzene rings is 1. The molecule has 0 atom stereocenters. The number of halogens is 2. The summed E-state index contributed by atoms with van der Waals surface area (Å²) in [6.45, 7) is 0. The van der Waals surface area contributed by atoms with Crippen LogP contribution in [0.4, 0.5) is 13.6 Å². The van der Waals surface area contributed by atoms with Crippen molar-refractivity contribution in [1.82, 2.24) is 10.3 Å². The molecule has 0 aromatic heterocycles. The fourth-order valence-corrected chi connectivity index (χ4v) is 2.93. The van der Waals surface area contributed by atoms with E-state index in [1.54, 1.807) is 0 Å². The molecule has 7 heteroatoms. The number of nitrogens with one attached hydrogen (secondary N) is 1. The normalized spacial score (nSPS) is 20.9. The summed E-state index contributed by atoms with van der Waals surface area (Å²) in [6, 6.07) is 2.39. The maximum absolute atomic E-state index is 13.5. The number of hydrogen-bond acceptors (Lipinski definition) is 3. The lowest BCUT2D eigenvalue weighted by atomic mass is 9.82. The van der Waals surface area contributed by atoms with Crippen LogP contribution in [0.5, 0.6) is 0 Å². The summed E-state index contributed by atoms with van der Waals surface area (Å²) in [5.74, 6) is -1.91. The van der Waals surface area contributed by atoms with E-state index in [0.717, 1.165) is 42.6 Å². The molecule has 1 spiro atoms. The molecule has 1 aliphatic carbocycles. The second-order valence-corrected chi connectivity index (χ2v) is 5.60. The van der Waals surface area contributed by atoms with Gasteiger partial charge in [0.1, 0.15) is 17.2 Å². The van der Waals surface area contributed by atoms with Crippen LogP contribution in [-0.4, -0.2) is 28.7 Å². The first-order valence-electron chi connectivity index (χ1n) is 7.18. The summed E-state index contributed by atoms with van der Waals surface area (Å²) in [7, 11) is 0. The van der Waals surface area contributed by atoms with Crippen molar-refractivity contribution in [3.63, 3.8) is 0 Å². The summed E-state index contributed by atoms with van der Waals surface area (Å²) in [5.41, 5.74) is -0.861. The van der Waals surface area contributed by atoms with Crippen LogP contribution in [0.25, 0.3) is 0 Å². The SMILES string of the molecule is O=C1NC2(CCCCC2)C(=O)N1N=Cc1ccc(F)cc1F. The Labute approximate surface area is 126 Å². The maximum Gasteiger partial charge on any atom is 0.346 e. The highest BCUT2D eigenvalue weighted by Crippen LogP contribution is 2.33. The summed E-state index contributed by atoms with van der Waals surface area (Å²) in [4.78, 5) is 24.4. The van der Waals surface area contributed by atoms with Gasteiger partial charge in [0, 0.05) is 11.6 Å². The molecule has 1 N–H and O–H groups in total. The van der Waals surface area contributed by atoms with Crippen molar-refractivity contribution in [2.45, 2.75) is 37.6 Å². The summed E-state index contributed by atoms with van der Waals surface area (Å²) in [5, 5.41) is 7.21. The molecular formula is C15H15F2N3O2. The number of carbonyl (C=O) groups excluding carboxylic acids is 2. The first-order chi connectivity index (χ1) is 10.5. The highest BCUT2D eigenvalue weighted by molar-refractivity contribution is 6.07. The Hall–Kier alpha value is -2.31.